The summed E-state index contributed by atoms with van der Waals surface area (Å²) >= 11 is 6.25. The van der Waals surface area contributed by atoms with Crippen molar-refractivity contribution in [1.29, 1.82) is 0 Å². The van der Waals surface area contributed by atoms with E-state index in [-0.39, 0.29) is 29.9 Å². The van der Waals surface area contributed by atoms with E-state index in [1.165, 1.54) is 29.2 Å². The van der Waals surface area contributed by atoms with Gasteiger partial charge < -0.3 is 16.0 Å². The first-order valence-corrected chi connectivity index (χ1v) is 14.4. The molecule has 2 atom stereocenters. The molecule has 6 rings (SSSR count). The molecule has 1 saturated heterocycles. The second kappa shape index (κ2) is 12.7. The first-order chi connectivity index (χ1) is 22.2. The number of hydrogen-bond donors (Lipinski definition) is 2. The maximum atomic E-state index is 15.5. The largest absolute Gasteiger partial charge is 0.364 e. The lowest BCUT2D eigenvalue weighted by Gasteiger charge is -2.24. The molecule has 1 aliphatic rings. The Kier molecular flexibility index (Phi) is 8.41. The van der Waals surface area contributed by atoms with Gasteiger partial charge in [0.15, 0.2) is 11.5 Å². The van der Waals surface area contributed by atoms with Crippen molar-refractivity contribution in [2.24, 2.45) is 5.73 Å². The van der Waals surface area contributed by atoms with Gasteiger partial charge in [-0.3, -0.25) is 19.1 Å². The number of aromatic nitrogens is 4. The number of halogens is 3. The van der Waals surface area contributed by atoms with E-state index in [2.05, 4.69) is 32.5 Å². The lowest BCUT2D eigenvalue weighted by molar-refractivity contribution is -0.137. The summed E-state index contributed by atoms with van der Waals surface area (Å²) in [7, 11) is 0. The van der Waals surface area contributed by atoms with E-state index in [4.69, 9.17) is 17.3 Å². The van der Waals surface area contributed by atoms with Gasteiger partial charge in [-0.2, -0.15) is 15.3 Å². The number of nitrogens with zero attached hydrogens (tertiary/aromatic N) is 5. The summed E-state index contributed by atoms with van der Waals surface area (Å²) in [5.74, 6) is 3.01. The maximum Gasteiger partial charge on any atom is 0.269 e. The summed E-state index contributed by atoms with van der Waals surface area (Å²) in [6, 6.07) is 16.6. The molecule has 0 saturated carbocycles. The number of benzene rings is 3. The van der Waals surface area contributed by atoms with Gasteiger partial charge in [-0.05, 0) is 36.4 Å². The zero-order valence-corrected chi connectivity index (χ0v) is 24.7. The summed E-state index contributed by atoms with van der Waals surface area (Å²) in [4.78, 5) is 40.2. The van der Waals surface area contributed by atoms with Gasteiger partial charge in [0.2, 0.25) is 11.8 Å². The topological polar surface area (TPSA) is 136 Å². The first-order valence-electron chi connectivity index (χ1n) is 14.1. The smallest absolute Gasteiger partial charge is 0.269 e. The van der Waals surface area contributed by atoms with Crippen molar-refractivity contribution < 1.29 is 23.2 Å². The fourth-order valence-electron chi connectivity index (χ4n) is 5.33. The maximum absolute atomic E-state index is 15.5. The average Bonchev–Trinajstić information content (AvgIpc) is 3.62. The van der Waals surface area contributed by atoms with Crippen LogP contribution in [-0.2, 0) is 16.1 Å². The molecule has 230 valence electrons. The molecule has 0 radical (unpaired) electrons. The molecule has 2 aromatic heterocycles. The minimum absolute atomic E-state index is 0.0787. The number of hydrogen-bond acceptors (Lipinski definition) is 6. The molecule has 3 amide bonds. The Morgan fingerprint density at radius 2 is 1.78 bits per heavy atom. The van der Waals surface area contributed by atoms with Crippen molar-refractivity contribution in [3.63, 3.8) is 0 Å². The van der Waals surface area contributed by atoms with Crippen LogP contribution in [0.3, 0.4) is 0 Å². The molecule has 3 N–H and O–H groups in total. The fourth-order valence-corrected chi connectivity index (χ4v) is 5.57. The number of amides is 3. The Hall–Kier alpha value is -5.67. The van der Waals surface area contributed by atoms with E-state index in [1.807, 2.05) is 0 Å². The highest BCUT2D eigenvalue weighted by molar-refractivity contribution is 6.33. The molecular formula is C33H24ClF2N7O3. The van der Waals surface area contributed by atoms with Crippen LogP contribution in [0.25, 0.3) is 22.0 Å². The number of carbonyl (C=O) groups excluding carboxylic acids is 3. The number of fused-ring (bicyclic) bond motifs is 1. The number of primary amides is 1. The Morgan fingerprint density at radius 3 is 2.54 bits per heavy atom. The highest BCUT2D eigenvalue weighted by Crippen LogP contribution is 2.33. The van der Waals surface area contributed by atoms with Gasteiger partial charge in [0.25, 0.3) is 5.91 Å². The second-order valence-corrected chi connectivity index (χ2v) is 10.9. The molecule has 0 bridgehead atoms. The molecule has 1 aliphatic heterocycles. The zero-order valence-electron chi connectivity index (χ0n) is 24.0. The SMILES string of the molecule is NC(=O)c1nn(CC(=O)N2C[C@H](F)C[C@H]2C(=O)Nc2cccc(-c3ccccc3Cl)c2F)c2ccc(C#Cc3ccnnc3)cc12. The molecule has 3 heterocycles. The van der Waals surface area contributed by atoms with E-state index in [1.54, 1.807) is 54.6 Å². The van der Waals surface area contributed by atoms with E-state index in [9.17, 15) is 18.8 Å². The molecule has 0 aliphatic carbocycles. The number of likely N-dealkylation sites (tertiary alicyclic amines) is 1. The van der Waals surface area contributed by atoms with Crippen LogP contribution in [0, 0.1) is 17.7 Å². The van der Waals surface area contributed by atoms with Crippen LogP contribution in [0.2, 0.25) is 5.02 Å². The molecule has 46 heavy (non-hydrogen) atoms. The van der Waals surface area contributed by atoms with E-state index in [0.29, 0.717) is 32.6 Å². The third-order valence-corrected chi connectivity index (χ3v) is 7.83. The Bertz CT molecular complexity index is 2060. The first kappa shape index (κ1) is 30.4. The lowest BCUT2D eigenvalue weighted by atomic mass is 10.0. The van der Waals surface area contributed by atoms with Crippen LogP contribution >= 0.6 is 11.6 Å². The minimum atomic E-state index is -1.48. The summed E-state index contributed by atoms with van der Waals surface area (Å²) in [5, 5.41) is 14.9. The van der Waals surface area contributed by atoms with Gasteiger partial charge in [-0.1, -0.05) is 53.8 Å². The normalized spacial score (nSPS) is 15.8. The minimum Gasteiger partial charge on any atom is -0.364 e. The third-order valence-electron chi connectivity index (χ3n) is 7.50. The van der Waals surface area contributed by atoms with Crippen molar-refractivity contribution in [2.75, 3.05) is 11.9 Å². The van der Waals surface area contributed by atoms with E-state index in [0.717, 1.165) is 4.90 Å². The Labute approximate surface area is 266 Å². The number of nitrogens with one attached hydrogen (secondary N) is 1. The predicted molar refractivity (Wildman–Crippen MR) is 167 cm³/mol. The molecular weight excluding hydrogens is 616 g/mol. The van der Waals surface area contributed by atoms with Crippen molar-refractivity contribution in [2.45, 2.75) is 25.2 Å². The van der Waals surface area contributed by atoms with Crippen LogP contribution in [0.5, 0.6) is 0 Å². The Balaban J connectivity index is 1.23. The zero-order chi connectivity index (χ0) is 32.4. The molecule has 1 fully saturated rings. The summed E-state index contributed by atoms with van der Waals surface area (Å²) in [5.41, 5.74) is 7.58. The second-order valence-electron chi connectivity index (χ2n) is 10.5. The Morgan fingerprint density at radius 1 is 1.00 bits per heavy atom. The third kappa shape index (κ3) is 6.13. The fraction of sp³-hybridized carbons (Fsp3) is 0.152. The van der Waals surface area contributed by atoms with Crippen molar-refractivity contribution in [1.82, 2.24) is 24.9 Å². The summed E-state index contributed by atoms with van der Waals surface area (Å²) < 4.78 is 31.4. The number of rotatable bonds is 6. The number of anilines is 1. The van der Waals surface area contributed by atoms with Crippen LogP contribution in [-0.4, -0.2) is 61.4 Å². The van der Waals surface area contributed by atoms with Crippen LogP contribution in [0.1, 0.15) is 28.0 Å². The molecule has 0 unspecified atom stereocenters. The van der Waals surface area contributed by atoms with E-state index < -0.39 is 42.3 Å². The van der Waals surface area contributed by atoms with Gasteiger partial charge in [-0.25, -0.2) is 8.78 Å². The number of carbonyl (C=O) groups is 3. The van der Waals surface area contributed by atoms with Gasteiger partial charge >= 0.3 is 0 Å². The standard InChI is InChI=1S/C33H24ClF2N7O3/c34-25-6-2-1-4-22(25)23-5-3-7-26(30(23)36)40-33(46)28-15-21(35)17-42(28)29(44)18-43-27-11-10-19(8-9-20-12-13-38-39-16-20)14-24(27)31(41-43)32(37)45/h1-7,10-14,16,21,28H,15,17-18H2,(H2,37,45)(H,40,46)/t21-,28+/m1/s1. The van der Waals surface area contributed by atoms with Crippen molar-refractivity contribution in [3.8, 4) is 23.0 Å². The predicted octanol–water partition coefficient (Wildman–Crippen LogP) is 4.36. The molecule has 5 aromatic rings. The monoisotopic (exact) mass is 639 g/mol. The molecule has 10 nitrogen and oxygen atoms in total. The van der Waals surface area contributed by atoms with Crippen molar-refractivity contribution in [3.05, 3.63) is 107 Å². The highest BCUT2D eigenvalue weighted by atomic mass is 35.5. The molecule has 3 aromatic carbocycles. The average molecular weight is 640 g/mol. The van der Waals surface area contributed by atoms with Gasteiger partial charge in [-0.15, -0.1) is 0 Å². The molecule has 13 heteroatoms. The lowest BCUT2D eigenvalue weighted by Crippen LogP contribution is -2.44. The van der Waals surface area contributed by atoms with Crippen LogP contribution in [0.15, 0.2) is 79.1 Å². The van der Waals surface area contributed by atoms with Gasteiger partial charge in [0.1, 0.15) is 18.8 Å². The number of alkyl halides is 1. The van der Waals surface area contributed by atoms with Crippen LogP contribution in [0.4, 0.5) is 14.5 Å². The van der Waals surface area contributed by atoms with Crippen molar-refractivity contribution >= 4 is 45.9 Å². The van der Waals surface area contributed by atoms with Crippen LogP contribution < -0.4 is 11.1 Å². The number of nitrogens with two attached hydrogens (primary N) is 1. The summed E-state index contributed by atoms with van der Waals surface area (Å²) in [6.45, 7) is -0.755. The highest BCUT2D eigenvalue weighted by Gasteiger charge is 2.40. The van der Waals surface area contributed by atoms with E-state index >= 15 is 4.39 Å². The quantitative estimate of drug-likeness (QED) is 0.265. The van der Waals surface area contributed by atoms with Gasteiger partial charge in [0.05, 0.1) is 30.1 Å². The summed E-state index contributed by atoms with van der Waals surface area (Å²) in [6.07, 6.45) is 1.26. The van der Waals surface area contributed by atoms with Gasteiger partial charge in [0, 0.05) is 39.1 Å². The molecule has 0 spiro atoms.